The number of aryl methyl sites for hydroxylation is 2. The Bertz CT molecular complexity index is 827. The van der Waals surface area contributed by atoms with Crippen molar-refractivity contribution in [2.24, 2.45) is 0 Å². The van der Waals surface area contributed by atoms with Crippen LogP contribution in [0.4, 0.5) is 10.5 Å². The fourth-order valence-electron chi connectivity index (χ4n) is 2.90. The molecule has 1 saturated heterocycles. The normalized spacial score (nSPS) is 19.9. The Morgan fingerprint density at radius 3 is 2.48 bits per heavy atom. The first-order chi connectivity index (χ1) is 11.8. The number of urea groups is 1. The minimum absolute atomic E-state index is 0.320. The van der Waals surface area contributed by atoms with Crippen LogP contribution in [-0.2, 0) is 15.1 Å². The van der Waals surface area contributed by atoms with Crippen molar-refractivity contribution >= 4 is 34.9 Å². The van der Waals surface area contributed by atoms with Crippen LogP contribution < -0.4 is 10.6 Å². The smallest absolute Gasteiger partial charge is 0.324 e. The number of rotatable bonds is 4. The van der Waals surface area contributed by atoms with Gasteiger partial charge in [0.25, 0.3) is 5.91 Å². The summed E-state index contributed by atoms with van der Waals surface area (Å²) < 4.78 is 0. The van der Waals surface area contributed by atoms with Crippen molar-refractivity contribution in [1.29, 1.82) is 0 Å². The lowest BCUT2D eigenvalue weighted by atomic mass is 10.0. The molecule has 0 radical (unpaired) electrons. The molecular weight excluding hydrogens is 338 g/mol. The number of carbonyl (C=O) groups excluding carboxylic acids is 3. The molecule has 1 aromatic carbocycles. The first-order valence-corrected chi connectivity index (χ1v) is 8.75. The maximum Gasteiger partial charge on any atom is 0.325 e. The second-order valence-electron chi connectivity index (χ2n) is 6.24. The topological polar surface area (TPSA) is 78.5 Å². The van der Waals surface area contributed by atoms with Gasteiger partial charge < -0.3 is 10.6 Å². The predicted molar refractivity (Wildman–Crippen MR) is 96.5 cm³/mol. The van der Waals surface area contributed by atoms with E-state index < -0.39 is 23.4 Å². The van der Waals surface area contributed by atoms with Crippen LogP contribution >= 0.6 is 11.3 Å². The summed E-state index contributed by atoms with van der Waals surface area (Å²) in [6.45, 7) is 5.12. The number of hydrogen-bond donors (Lipinski definition) is 2. The number of amides is 4. The van der Waals surface area contributed by atoms with Crippen LogP contribution in [-0.4, -0.2) is 29.3 Å². The van der Waals surface area contributed by atoms with Gasteiger partial charge in [-0.15, -0.1) is 11.3 Å². The van der Waals surface area contributed by atoms with E-state index in [1.54, 1.807) is 13.0 Å². The number of hydrogen-bond acceptors (Lipinski definition) is 4. The summed E-state index contributed by atoms with van der Waals surface area (Å²) in [6.07, 6.45) is 0. The molecule has 2 heterocycles. The van der Waals surface area contributed by atoms with Gasteiger partial charge in [0, 0.05) is 10.6 Å². The molecule has 7 heteroatoms. The lowest BCUT2D eigenvalue weighted by Gasteiger charge is -2.20. The molecule has 3 rings (SSSR count). The molecule has 6 nitrogen and oxygen atoms in total. The standard InChI is InChI=1S/C18H19N3O3S/c1-11-6-4-7-12(2)15(11)19-14(22)10-21-16(23)18(3,20-17(21)24)13-8-5-9-25-13/h4-9H,10H2,1-3H3,(H,19,22)(H,20,24). The average Bonchev–Trinajstić information content (AvgIpc) is 3.16. The van der Waals surface area contributed by atoms with Crippen molar-refractivity contribution in [1.82, 2.24) is 10.2 Å². The summed E-state index contributed by atoms with van der Waals surface area (Å²) in [7, 11) is 0. The first-order valence-electron chi connectivity index (χ1n) is 7.87. The van der Waals surface area contributed by atoms with Gasteiger partial charge in [-0.05, 0) is 43.3 Å². The molecule has 2 aromatic rings. The Balaban J connectivity index is 1.76. The number of para-hydroxylation sites is 1. The Morgan fingerprint density at radius 2 is 1.88 bits per heavy atom. The molecule has 0 saturated carbocycles. The fraction of sp³-hybridized carbons (Fsp3) is 0.278. The first kappa shape index (κ1) is 17.2. The summed E-state index contributed by atoms with van der Waals surface area (Å²) in [5.41, 5.74) is 1.44. The molecule has 4 amide bonds. The highest BCUT2D eigenvalue weighted by molar-refractivity contribution is 7.10. The number of benzene rings is 1. The minimum atomic E-state index is -1.12. The third-order valence-electron chi connectivity index (χ3n) is 4.34. The molecule has 130 valence electrons. The molecule has 1 aromatic heterocycles. The lowest BCUT2D eigenvalue weighted by Crippen LogP contribution is -2.41. The highest BCUT2D eigenvalue weighted by Gasteiger charge is 2.50. The summed E-state index contributed by atoms with van der Waals surface area (Å²) in [5.74, 6) is -0.826. The van der Waals surface area contributed by atoms with Gasteiger partial charge in [0.05, 0.1) is 0 Å². The van der Waals surface area contributed by atoms with E-state index in [-0.39, 0.29) is 6.54 Å². The molecule has 1 aliphatic heterocycles. The van der Waals surface area contributed by atoms with Gasteiger partial charge in [0.15, 0.2) is 5.54 Å². The Labute approximate surface area is 149 Å². The van der Waals surface area contributed by atoms with Gasteiger partial charge in [0.1, 0.15) is 6.54 Å². The summed E-state index contributed by atoms with van der Waals surface area (Å²) in [4.78, 5) is 39.0. The summed E-state index contributed by atoms with van der Waals surface area (Å²) in [5, 5.41) is 7.33. The van der Waals surface area contributed by atoms with Crippen LogP contribution in [0, 0.1) is 13.8 Å². The van der Waals surface area contributed by atoms with Gasteiger partial charge in [-0.2, -0.15) is 0 Å². The Morgan fingerprint density at radius 1 is 1.20 bits per heavy atom. The predicted octanol–water partition coefficient (Wildman–Crippen LogP) is 2.77. The molecule has 1 aliphatic rings. The molecule has 1 unspecified atom stereocenters. The van der Waals surface area contributed by atoms with E-state index in [1.807, 2.05) is 43.5 Å². The van der Waals surface area contributed by atoms with Crippen LogP contribution in [0.15, 0.2) is 35.7 Å². The molecule has 25 heavy (non-hydrogen) atoms. The molecule has 2 N–H and O–H groups in total. The van der Waals surface area contributed by atoms with Gasteiger partial charge in [0.2, 0.25) is 5.91 Å². The monoisotopic (exact) mass is 357 g/mol. The number of nitrogens with one attached hydrogen (secondary N) is 2. The van der Waals surface area contributed by atoms with Gasteiger partial charge in [-0.25, -0.2) is 4.79 Å². The summed E-state index contributed by atoms with van der Waals surface area (Å²) >= 11 is 1.39. The quantitative estimate of drug-likeness (QED) is 0.826. The van der Waals surface area contributed by atoms with Crippen molar-refractivity contribution < 1.29 is 14.4 Å². The minimum Gasteiger partial charge on any atom is -0.324 e. The average molecular weight is 357 g/mol. The van der Waals surface area contributed by atoms with Crippen LogP contribution in [0.1, 0.15) is 22.9 Å². The van der Waals surface area contributed by atoms with E-state index >= 15 is 0 Å². The largest absolute Gasteiger partial charge is 0.325 e. The molecule has 0 bridgehead atoms. The molecule has 0 spiro atoms. The van der Waals surface area contributed by atoms with Crippen LogP contribution in [0.5, 0.6) is 0 Å². The van der Waals surface area contributed by atoms with Crippen molar-refractivity contribution in [2.45, 2.75) is 26.3 Å². The second-order valence-corrected chi connectivity index (χ2v) is 7.19. The molecular formula is C18H19N3O3S. The Kier molecular flexibility index (Phi) is 4.34. The van der Waals surface area contributed by atoms with Crippen molar-refractivity contribution in [3.8, 4) is 0 Å². The van der Waals surface area contributed by atoms with Gasteiger partial charge >= 0.3 is 6.03 Å². The zero-order chi connectivity index (χ0) is 18.2. The SMILES string of the molecule is Cc1cccc(C)c1NC(=O)CN1C(=O)NC(C)(c2cccs2)C1=O. The number of nitrogens with zero attached hydrogens (tertiary/aromatic N) is 1. The van der Waals surface area contributed by atoms with E-state index in [9.17, 15) is 14.4 Å². The van der Waals surface area contributed by atoms with Crippen LogP contribution in [0.2, 0.25) is 0 Å². The molecule has 1 atom stereocenters. The van der Waals surface area contributed by atoms with Crippen molar-refractivity contribution in [3.63, 3.8) is 0 Å². The Hall–Kier alpha value is -2.67. The maximum atomic E-state index is 12.7. The maximum absolute atomic E-state index is 12.7. The number of thiophene rings is 1. The van der Waals surface area contributed by atoms with Gasteiger partial charge in [-0.3, -0.25) is 14.5 Å². The van der Waals surface area contributed by atoms with Crippen LogP contribution in [0.25, 0.3) is 0 Å². The second kappa shape index (κ2) is 6.33. The van der Waals surface area contributed by atoms with E-state index in [0.717, 1.165) is 20.9 Å². The zero-order valence-electron chi connectivity index (χ0n) is 14.3. The highest BCUT2D eigenvalue weighted by atomic mass is 32.1. The van der Waals surface area contributed by atoms with Gasteiger partial charge in [-0.1, -0.05) is 24.3 Å². The van der Waals surface area contributed by atoms with Crippen molar-refractivity contribution in [2.75, 3.05) is 11.9 Å². The zero-order valence-corrected chi connectivity index (χ0v) is 15.1. The number of anilines is 1. The van der Waals surface area contributed by atoms with E-state index in [2.05, 4.69) is 10.6 Å². The lowest BCUT2D eigenvalue weighted by molar-refractivity contribution is -0.133. The molecule has 1 fully saturated rings. The van der Waals surface area contributed by atoms with E-state index in [4.69, 9.17) is 0 Å². The highest BCUT2D eigenvalue weighted by Crippen LogP contribution is 2.31. The van der Waals surface area contributed by atoms with E-state index in [1.165, 1.54) is 11.3 Å². The number of carbonyl (C=O) groups is 3. The third kappa shape index (κ3) is 3.02. The molecule has 0 aliphatic carbocycles. The van der Waals surface area contributed by atoms with Crippen LogP contribution in [0.3, 0.4) is 0 Å². The van der Waals surface area contributed by atoms with E-state index in [0.29, 0.717) is 5.69 Å². The fourth-order valence-corrected chi connectivity index (χ4v) is 3.74. The third-order valence-corrected chi connectivity index (χ3v) is 5.43. The van der Waals surface area contributed by atoms with Crippen molar-refractivity contribution in [3.05, 3.63) is 51.7 Å². The number of imide groups is 1. The summed E-state index contributed by atoms with van der Waals surface area (Å²) in [6, 6.07) is 8.75.